The van der Waals surface area contributed by atoms with Crippen molar-refractivity contribution in [2.75, 3.05) is 19.6 Å². The van der Waals surface area contributed by atoms with Gasteiger partial charge < -0.3 is 29.7 Å². The Balaban J connectivity index is -0.000000196. The molecule has 0 saturated carbocycles. The van der Waals surface area contributed by atoms with Crippen molar-refractivity contribution in [3.63, 3.8) is 0 Å². The number of hydrogen-bond acceptors (Lipinski definition) is 3. The molecule has 0 N–H and O–H groups in total. The molecule has 0 aliphatic carbocycles. The summed E-state index contributed by atoms with van der Waals surface area (Å²) in [4.78, 5) is 18.9. The summed E-state index contributed by atoms with van der Waals surface area (Å²) in [6, 6.07) is 2.56. The molecule has 0 aliphatic rings. The summed E-state index contributed by atoms with van der Waals surface area (Å²) >= 11 is 0. The Labute approximate surface area is 227 Å². The number of aliphatic imine (C=N–C) groups is 3. The normalized spacial score (nSPS) is 11.6. The molecule has 0 aliphatic heterocycles. The maximum absolute atomic E-state index is 4.19. The van der Waals surface area contributed by atoms with Crippen LogP contribution in [0.2, 0.25) is 0 Å². The second-order valence-electron chi connectivity index (χ2n) is 9.61. The molecule has 0 aromatic rings. The molecular formula is C27H57N6Ru. The molecule has 6 nitrogen and oxygen atoms in total. The van der Waals surface area contributed by atoms with E-state index < -0.39 is 0 Å². The van der Waals surface area contributed by atoms with Gasteiger partial charge in [-0.25, -0.2) is 0 Å². The van der Waals surface area contributed by atoms with Crippen LogP contribution < -0.4 is 0 Å². The summed E-state index contributed by atoms with van der Waals surface area (Å²) in [5.74, 6) is 0. The van der Waals surface area contributed by atoms with E-state index in [1.807, 2.05) is 0 Å². The SMILES string of the molecule is CCN([C-]=NC(C)C)C(C)C.CCN([C-]=NC(C)C)C(C)C.CCN([C-]=NC(C)C)C(C)C.[Ru+3]. The average Bonchev–Trinajstić information content (AvgIpc) is 2.69. The summed E-state index contributed by atoms with van der Waals surface area (Å²) < 4.78 is 0. The summed E-state index contributed by atoms with van der Waals surface area (Å²) in [6.07, 6.45) is 9.08. The predicted octanol–water partition coefficient (Wildman–Crippen LogP) is 6.09. The Hall–Kier alpha value is -0.967. The molecule has 0 aromatic heterocycles. The average molecular weight is 567 g/mol. The topological polar surface area (TPSA) is 46.8 Å². The maximum Gasteiger partial charge on any atom is 3.00 e. The van der Waals surface area contributed by atoms with E-state index in [1.165, 1.54) is 0 Å². The van der Waals surface area contributed by atoms with Gasteiger partial charge in [-0.3, -0.25) is 19.0 Å². The first-order valence-corrected chi connectivity index (χ1v) is 12.9. The molecule has 0 atom stereocenters. The van der Waals surface area contributed by atoms with Crippen molar-refractivity contribution in [1.29, 1.82) is 0 Å². The third kappa shape index (κ3) is 27.3. The van der Waals surface area contributed by atoms with Crippen LogP contribution in [0.5, 0.6) is 0 Å². The Bertz CT molecular complexity index is 428. The van der Waals surface area contributed by atoms with E-state index in [2.05, 4.69) is 153 Å². The summed E-state index contributed by atoms with van der Waals surface area (Å²) in [7, 11) is 0. The van der Waals surface area contributed by atoms with Gasteiger partial charge in [-0.2, -0.15) is 0 Å². The maximum atomic E-state index is 4.19. The van der Waals surface area contributed by atoms with E-state index in [4.69, 9.17) is 0 Å². The first kappa shape index (κ1) is 40.2. The number of nitrogens with zero attached hydrogens (tertiary/aromatic N) is 6. The molecule has 0 heterocycles. The van der Waals surface area contributed by atoms with Crippen LogP contribution in [0.25, 0.3) is 0 Å². The van der Waals surface area contributed by atoms with Crippen LogP contribution >= 0.6 is 0 Å². The Kier molecular flexibility index (Phi) is 29.7. The van der Waals surface area contributed by atoms with E-state index >= 15 is 0 Å². The molecule has 0 bridgehead atoms. The van der Waals surface area contributed by atoms with Crippen LogP contribution in [-0.2, 0) is 19.5 Å². The summed E-state index contributed by atoms with van der Waals surface area (Å²) in [6.45, 7) is 34.5. The van der Waals surface area contributed by atoms with E-state index in [9.17, 15) is 0 Å². The molecular weight excluding hydrogens is 509 g/mol. The molecule has 1 radical (unpaired) electrons. The first-order chi connectivity index (χ1) is 15.2. The van der Waals surface area contributed by atoms with Crippen molar-refractivity contribution in [3.8, 4) is 0 Å². The van der Waals surface area contributed by atoms with Crippen molar-refractivity contribution >= 4 is 19.0 Å². The van der Waals surface area contributed by atoms with Crippen LogP contribution in [0.4, 0.5) is 0 Å². The van der Waals surface area contributed by atoms with E-state index in [0.717, 1.165) is 19.6 Å². The summed E-state index contributed by atoms with van der Waals surface area (Å²) in [5, 5.41) is 0. The molecule has 0 fully saturated rings. The zero-order valence-electron chi connectivity index (χ0n) is 25.1. The predicted molar refractivity (Wildman–Crippen MR) is 150 cm³/mol. The third-order valence-electron chi connectivity index (χ3n) is 4.23. The van der Waals surface area contributed by atoms with Crippen LogP contribution in [-0.4, -0.2) is 89.6 Å². The summed E-state index contributed by atoms with van der Waals surface area (Å²) in [5.41, 5.74) is 0. The Morgan fingerprint density at radius 2 is 0.618 bits per heavy atom. The molecule has 0 amide bonds. The van der Waals surface area contributed by atoms with Crippen LogP contribution in [0.15, 0.2) is 15.0 Å². The zero-order valence-corrected chi connectivity index (χ0v) is 26.9. The van der Waals surface area contributed by atoms with Gasteiger partial charge in [0, 0.05) is 18.1 Å². The van der Waals surface area contributed by atoms with Crippen molar-refractivity contribution in [2.45, 2.75) is 140 Å². The quantitative estimate of drug-likeness (QED) is 0.0945. The van der Waals surface area contributed by atoms with Gasteiger partial charge in [0.25, 0.3) is 0 Å². The van der Waals surface area contributed by atoms with Gasteiger partial charge in [-0.05, 0) is 121 Å². The number of hydrogen-bond donors (Lipinski definition) is 0. The first-order valence-electron chi connectivity index (χ1n) is 12.9. The van der Waals surface area contributed by atoms with Gasteiger partial charge in [-0.1, -0.05) is 20.8 Å². The molecule has 34 heavy (non-hydrogen) atoms. The molecule has 0 aromatic carbocycles. The largest absolute Gasteiger partial charge is 3.00 e. The van der Waals surface area contributed by atoms with Gasteiger partial charge >= 0.3 is 19.5 Å². The zero-order chi connectivity index (χ0) is 26.6. The standard InChI is InChI=1S/3C9H19N2.Ru/c3*1-6-11(9(4)5)7-10-8(2)3;/h3*8-9H,6H2,1-5H3;/q3*-1;+3. The van der Waals surface area contributed by atoms with E-state index in [0.29, 0.717) is 36.3 Å². The smallest absolute Gasteiger partial charge is 0.536 e. The van der Waals surface area contributed by atoms with E-state index in [-0.39, 0.29) is 19.5 Å². The molecule has 0 rings (SSSR count). The minimum Gasteiger partial charge on any atom is -0.536 e. The van der Waals surface area contributed by atoms with Crippen LogP contribution in [0, 0.1) is 0 Å². The minimum atomic E-state index is 0. The van der Waals surface area contributed by atoms with Gasteiger partial charge in [-0.15, -0.1) is 0 Å². The fourth-order valence-electron chi connectivity index (χ4n) is 2.22. The molecule has 0 unspecified atom stereocenters. The van der Waals surface area contributed by atoms with Gasteiger partial charge in [0.05, 0.1) is 0 Å². The fourth-order valence-corrected chi connectivity index (χ4v) is 2.22. The molecule has 0 spiro atoms. The van der Waals surface area contributed by atoms with Gasteiger partial charge in [0.15, 0.2) is 0 Å². The Morgan fingerprint density at radius 1 is 0.441 bits per heavy atom. The molecule has 7 heteroatoms. The van der Waals surface area contributed by atoms with Crippen molar-refractivity contribution in [2.24, 2.45) is 15.0 Å². The Morgan fingerprint density at radius 3 is 0.706 bits per heavy atom. The third-order valence-corrected chi connectivity index (χ3v) is 4.23. The van der Waals surface area contributed by atoms with Crippen molar-refractivity contribution < 1.29 is 19.5 Å². The van der Waals surface area contributed by atoms with Crippen LogP contribution in [0.3, 0.4) is 0 Å². The monoisotopic (exact) mass is 567 g/mol. The second kappa shape index (κ2) is 25.1. The molecule has 203 valence electrons. The fraction of sp³-hybridized carbons (Fsp3) is 0.889. The van der Waals surface area contributed by atoms with Crippen LogP contribution in [0.1, 0.15) is 104 Å². The molecule has 0 saturated heterocycles. The minimum absolute atomic E-state index is 0. The number of rotatable bonds is 12. The van der Waals surface area contributed by atoms with Gasteiger partial charge in [0.1, 0.15) is 0 Å². The van der Waals surface area contributed by atoms with E-state index in [1.54, 1.807) is 0 Å². The van der Waals surface area contributed by atoms with Crippen molar-refractivity contribution in [1.82, 2.24) is 14.7 Å². The van der Waals surface area contributed by atoms with Gasteiger partial charge in [0.2, 0.25) is 0 Å². The second-order valence-corrected chi connectivity index (χ2v) is 9.61. The van der Waals surface area contributed by atoms with Crippen molar-refractivity contribution in [3.05, 3.63) is 0 Å².